The standard InChI is InChI=1S/C19H27N7/c1-15-16(2)20-13-23-19(15)26-10-8-25(9-11-26)18-12-17(21-14-22-18)24-6-4-3-5-7-24/h12-14H,3-11H2,1-2H3. The van der Waals surface area contributed by atoms with E-state index in [0.717, 1.165) is 62.4 Å². The van der Waals surface area contributed by atoms with Gasteiger partial charge < -0.3 is 14.7 Å². The van der Waals surface area contributed by atoms with Gasteiger partial charge in [-0.1, -0.05) is 0 Å². The van der Waals surface area contributed by atoms with Crippen molar-refractivity contribution < 1.29 is 0 Å². The molecule has 0 aromatic carbocycles. The number of nitrogens with zero attached hydrogens (tertiary/aromatic N) is 7. The van der Waals surface area contributed by atoms with Crippen LogP contribution in [0.2, 0.25) is 0 Å². The van der Waals surface area contributed by atoms with Gasteiger partial charge in [-0.05, 0) is 33.1 Å². The first-order chi connectivity index (χ1) is 12.7. The van der Waals surface area contributed by atoms with Crippen LogP contribution in [0.25, 0.3) is 0 Å². The molecule has 0 radical (unpaired) electrons. The molecule has 0 aliphatic carbocycles. The minimum Gasteiger partial charge on any atom is -0.356 e. The maximum Gasteiger partial charge on any atom is 0.135 e. The number of anilines is 3. The molecule has 0 unspecified atom stereocenters. The summed E-state index contributed by atoms with van der Waals surface area (Å²) < 4.78 is 0. The molecule has 2 aromatic heterocycles. The van der Waals surface area contributed by atoms with Crippen LogP contribution < -0.4 is 14.7 Å². The highest BCUT2D eigenvalue weighted by Crippen LogP contribution is 2.24. The van der Waals surface area contributed by atoms with Gasteiger partial charge in [-0.15, -0.1) is 0 Å². The summed E-state index contributed by atoms with van der Waals surface area (Å²) in [6.45, 7) is 10.1. The molecule has 2 fully saturated rings. The smallest absolute Gasteiger partial charge is 0.135 e. The fraction of sp³-hybridized carbons (Fsp3) is 0.579. The number of hydrogen-bond acceptors (Lipinski definition) is 7. The molecule has 0 amide bonds. The summed E-state index contributed by atoms with van der Waals surface area (Å²) in [4.78, 5) is 24.9. The fourth-order valence-electron chi connectivity index (χ4n) is 3.80. The molecule has 2 saturated heterocycles. The molecule has 0 saturated carbocycles. The largest absolute Gasteiger partial charge is 0.356 e. The molecule has 2 aliphatic heterocycles. The van der Waals surface area contributed by atoms with E-state index in [4.69, 9.17) is 0 Å². The Labute approximate surface area is 155 Å². The van der Waals surface area contributed by atoms with E-state index in [1.54, 1.807) is 12.7 Å². The lowest BCUT2D eigenvalue weighted by atomic mass is 10.1. The van der Waals surface area contributed by atoms with Crippen molar-refractivity contribution in [2.24, 2.45) is 0 Å². The van der Waals surface area contributed by atoms with Crippen molar-refractivity contribution in [3.05, 3.63) is 30.0 Å². The van der Waals surface area contributed by atoms with Gasteiger partial charge in [-0.3, -0.25) is 0 Å². The van der Waals surface area contributed by atoms with Crippen LogP contribution in [-0.4, -0.2) is 59.2 Å². The molecule has 4 rings (SSSR count). The van der Waals surface area contributed by atoms with Gasteiger partial charge >= 0.3 is 0 Å². The van der Waals surface area contributed by atoms with Gasteiger partial charge in [0.1, 0.15) is 30.1 Å². The van der Waals surface area contributed by atoms with E-state index in [9.17, 15) is 0 Å². The van der Waals surface area contributed by atoms with Crippen LogP contribution in [0.3, 0.4) is 0 Å². The summed E-state index contributed by atoms with van der Waals surface area (Å²) in [6, 6.07) is 2.15. The highest BCUT2D eigenvalue weighted by molar-refractivity contribution is 5.53. The Bertz CT molecular complexity index is 749. The lowest BCUT2D eigenvalue weighted by Crippen LogP contribution is -2.47. The van der Waals surface area contributed by atoms with Crippen molar-refractivity contribution in [3.8, 4) is 0 Å². The minimum absolute atomic E-state index is 0.943. The van der Waals surface area contributed by atoms with Crippen LogP contribution in [-0.2, 0) is 0 Å². The number of aromatic nitrogens is 4. The second kappa shape index (κ2) is 7.43. The van der Waals surface area contributed by atoms with E-state index in [1.165, 1.54) is 24.8 Å². The van der Waals surface area contributed by atoms with Crippen molar-refractivity contribution in [1.29, 1.82) is 0 Å². The maximum absolute atomic E-state index is 4.53. The zero-order chi connectivity index (χ0) is 17.9. The minimum atomic E-state index is 0.943. The number of piperazine rings is 1. The van der Waals surface area contributed by atoms with Crippen LogP contribution in [0.15, 0.2) is 18.7 Å². The summed E-state index contributed by atoms with van der Waals surface area (Å²) >= 11 is 0. The van der Waals surface area contributed by atoms with E-state index in [2.05, 4.69) is 47.6 Å². The second-order valence-electron chi connectivity index (χ2n) is 7.16. The van der Waals surface area contributed by atoms with E-state index in [-0.39, 0.29) is 0 Å². The van der Waals surface area contributed by atoms with Gasteiger partial charge in [0.2, 0.25) is 0 Å². The Morgan fingerprint density at radius 3 is 1.92 bits per heavy atom. The van der Waals surface area contributed by atoms with Crippen LogP contribution in [0, 0.1) is 13.8 Å². The predicted molar refractivity (Wildman–Crippen MR) is 104 cm³/mol. The van der Waals surface area contributed by atoms with E-state index >= 15 is 0 Å². The van der Waals surface area contributed by atoms with Crippen LogP contribution in [0.4, 0.5) is 17.5 Å². The van der Waals surface area contributed by atoms with E-state index in [0.29, 0.717) is 0 Å². The van der Waals surface area contributed by atoms with Crippen molar-refractivity contribution in [2.75, 3.05) is 54.0 Å². The Balaban J connectivity index is 1.44. The van der Waals surface area contributed by atoms with Gasteiger partial charge in [-0.2, -0.15) is 0 Å². The first-order valence-corrected chi connectivity index (χ1v) is 9.57. The Kier molecular flexibility index (Phi) is 4.86. The molecule has 0 N–H and O–H groups in total. The Morgan fingerprint density at radius 1 is 0.654 bits per heavy atom. The molecule has 2 aromatic rings. The summed E-state index contributed by atoms with van der Waals surface area (Å²) in [7, 11) is 0. The number of hydrogen-bond donors (Lipinski definition) is 0. The predicted octanol–water partition coefficient (Wildman–Crippen LogP) is 2.20. The monoisotopic (exact) mass is 353 g/mol. The molecule has 2 aliphatic rings. The van der Waals surface area contributed by atoms with Gasteiger partial charge in [0.25, 0.3) is 0 Å². The topological polar surface area (TPSA) is 61.3 Å². The van der Waals surface area contributed by atoms with Crippen molar-refractivity contribution in [3.63, 3.8) is 0 Å². The van der Waals surface area contributed by atoms with Crippen molar-refractivity contribution in [2.45, 2.75) is 33.1 Å². The third-order valence-corrected chi connectivity index (χ3v) is 5.53. The lowest BCUT2D eigenvalue weighted by molar-refractivity contribution is 0.572. The molecular weight excluding hydrogens is 326 g/mol. The van der Waals surface area contributed by atoms with Gasteiger partial charge in [-0.25, -0.2) is 19.9 Å². The molecule has 26 heavy (non-hydrogen) atoms. The lowest BCUT2D eigenvalue weighted by Gasteiger charge is -2.37. The Morgan fingerprint density at radius 2 is 1.23 bits per heavy atom. The van der Waals surface area contributed by atoms with Crippen molar-refractivity contribution >= 4 is 17.5 Å². The first kappa shape index (κ1) is 17.0. The highest BCUT2D eigenvalue weighted by Gasteiger charge is 2.22. The zero-order valence-corrected chi connectivity index (χ0v) is 15.7. The summed E-state index contributed by atoms with van der Waals surface area (Å²) in [6.07, 6.45) is 7.23. The fourth-order valence-corrected chi connectivity index (χ4v) is 3.80. The normalized spacial score (nSPS) is 18.3. The molecule has 0 spiro atoms. The molecule has 7 nitrogen and oxygen atoms in total. The number of piperidine rings is 1. The Hall–Kier alpha value is -2.44. The molecule has 0 bridgehead atoms. The van der Waals surface area contributed by atoms with Gasteiger partial charge in [0, 0.05) is 56.6 Å². The quantitative estimate of drug-likeness (QED) is 0.838. The van der Waals surface area contributed by atoms with Crippen LogP contribution >= 0.6 is 0 Å². The van der Waals surface area contributed by atoms with E-state index < -0.39 is 0 Å². The summed E-state index contributed by atoms with van der Waals surface area (Å²) in [5.41, 5.74) is 2.23. The average Bonchev–Trinajstić information content (AvgIpc) is 2.71. The molecule has 7 heteroatoms. The zero-order valence-electron chi connectivity index (χ0n) is 15.7. The summed E-state index contributed by atoms with van der Waals surface area (Å²) in [5, 5.41) is 0. The van der Waals surface area contributed by atoms with Crippen LogP contribution in [0.1, 0.15) is 30.5 Å². The highest BCUT2D eigenvalue weighted by atomic mass is 15.3. The van der Waals surface area contributed by atoms with Crippen LogP contribution in [0.5, 0.6) is 0 Å². The molecule has 0 atom stereocenters. The summed E-state index contributed by atoms with van der Waals surface area (Å²) in [5.74, 6) is 3.17. The third kappa shape index (κ3) is 3.43. The molecule has 138 valence electrons. The third-order valence-electron chi connectivity index (χ3n) is 5.53. The van der Waals surface area contributed by atoms with Gasteiger partial charge in [0.15, 0.2) is 0 Å². The average molecular weight is 353 g/mol. The molecule has 4 heterocycles. The van der Waals surface area contributed by atoms with Gasteiger partial charge in [0.05, 0.1) is 0 Å². The number of aryl methyl sites for hydroxylation is 1. The maximum atomic E-state index is 4.53. The van der Waals surface area contributed by atoms with E-state index in [1.807, 2.05) is 6.92 Å². The number of rotatable bonds is 3. The second-order valence-corrected chi connectivity index (χ2v) is 7.16. The SMILES string of the molecule is Cc1ncnc(N2CCN(c3cc(N4CCCCC4)ncn3)CC2)c1C. The van der Waals surface area contributed by atoms with Crippen molar-refractivity contribution in [1.82, 2.24) is 19.9 Å². The molecular formula is C19H27N7. The first-order valence-electron chi connectivity index (χ1n) is 9.57.